The van der Waals surface area contributed by atoms with Gasteiger partial charge in [-0.05, 0) is 78.7 Å². The van der Waals surface area contributed by atoms with Crippen molar-refractivity contribution in [2.24, 2.45) is 0 Å². The van der Waals surface area contributed by atoms with Crippen molar-refractivity contribution in [2.75, 3.05) is 11.4 Å². The van der Waals surface area contributed by atoms with Gasteiger partial charge in [-0.25, -0.2) is 9.67 Å². The number of halogens is 1. The third-order valence-corrected chi connectivity index (χ3v) is 6.10. The van der Waals surface area contributed by atoms with Crippen LogP contribution < -0.4 is 4.90 Å². The van der Waals surface area contributed by atoms with Crippen molar-refractivity contribution in [1.82, 2.24) is 20.0 Å². The highest BCUT2D eigenvalue weighted by Gasteiger charge is 2.26. The molecule has 0 bridgehead atoms. The molecule has 0 saturated heterocycles. The van der Waals surface area contributed by atoms with E-state index in [-0.39, 0.29) is 0 Å². The van der Waals surface area contributed by atoms with E-state index in [1.807, 2.05) is 0 Å². The van der Waals surface area contributed by atoms with E-state index in [4.69, 9.17) is 4.98 Å². The molecule has 0 saturated carbocycles. The second-order valence-corrected chi connectivity index (χ2v) is 8.32. The van der Waals surface area contributed by atoms with Crippen LogP contribution in [0.25, 0.3) is 11.0 Å². The van der Waals surface area contributed by atoms with Crippen LogP contribution in [-0.2, 0) is 6.42 Å². The molecule has 0 aliphatic carbocycles. The fourth-order valence-corrected chi connectivity index (χ4v) is 5.02. The first-order valence-corrected chi connectivity index (χ1v) is 10.6. The van der Waals surface area contributed by atoms with Crippen LogP contribution in [0.15, 0.2) is 22.7 Å². The molecule has 1 aromatic carbocycles. The lowest BCUT2D eigenvalue weighted by Gasteiger charge is -2.32. The number of hydrogen-bond donors (Lipinski definition) is 0. The summed E-state index contributed by atoms with van der Waals surface area (Å²) in [6.45, 7) is 9.56. The lowest BCUT2D eigenvalue weighted by molar-refractivity contribution is 0.430. The van der Waals surface area contributed by atoms with Gasteiger partial charge >= 0.3 is 0 Å². The van der Waals surface area contributed by atoms with E-state index in [0.29, 0.717) is 6.04 Å². The van der Waals surface area contributed by atoms with Crippen molar-refractivity contribution >= 4 is 38.5 Å². The zero-order valence-electron chi connectivity index (χ0n) is 16.5. The maximum atomic E-state index is 4.90. The molecule has 0 fully saturated rings. The lowest BCUT2D eigenvalue weighted by atomic mass is 9.99. The van der Waals surface area contributed by atoms with Crippen LogP contribution in [0.4, 0.5) is 11.5 Å². The minimum Gasteiger partial charge on any atom is -0.323 e. The Balaban J connectivity index is 1.92. The summed E-state index contributed by atoms with van der Waals surface area (Å²) in [5.41, 5.74) is 6.86. The highest BCUT2D eigenvalue weighted by Crippen LogP contribution is 2.41. The Morgan fingerprint density at radius 2 is 1.93 bits per heavy atom. The number of aromatic nitrogens is 4. The zero-order chi connectivity index (χ0) is 19.1. The highest BCUT2D eigenvalue weighted by atomic mass is 79.9. The Labute approximate surface area is 168 Å². The first-order valence-electron chi connectivity index (χ1n) is 9.82. The molecule has 0 N–H and O–H groups in total. The molecule has 2 aromatic heterocycles. The summed E-state index contributed by atoms with van der Waals surface area (Å²) in [6.07, 6.45) is 4.30. The molecule has 27 heavy (non-hydrogen) atoms. The number of rotatable bonds is 4. The molecular weight excluding hydrogens is 402 g/mol. The van der Waals surface area contributed by atoms with Crippen molar-refractivity contribution in [3.63, 3.8) is 0 Å². The molecule has 4 rings (SSSR count). The third kappa shape index (κ3) is 3.14. The molecule has 5 nitrogen and oxygen atoms in total. The normalized spacial score (nSPS) is 14.2. The maximum absolute atomic E-state index is 4.90. The number of anilines is 2. The number of hydrogen-bond acceptors (Lipinski definition) is 4. The van der Waals surface area contributed by atoms with E-state index >= 15 is 0 Å². The molecule has 6 heteroatoms. The third-order valence-electron chi connectivity index (χ3n) is 5.50. The van der Waals surface area contributed by atoms with Gasteiger partial charge in [-0.1, -0.05) is 25.1 Å². The quantitative estimate of drug-likeness (QED) is 0.539. The Kier molecular flexibility index (Phi) is 4.93. The summed E-state index contributed by atoms with van der Waals surface area (Å²) in [7, 11) is 0. The monoisotopic (exact) mass is 427 g/mol. The van der Waals surface area contributed by atoms with Crippen LogP contribution in [0.3, 0.4) is 0 Å². The van der Waals surface area contributed by atoms with E-state index < -0.39 is 0 Å². The average molecular weight is 428 g/mol. The molecule has 1 aliphatic rings. The lowest BCUT2D eigenvalue weighted by Crippen LogP contribution is -2.26. The Bertz CT molecular complexity index is 990. The van der Waals surface area contributed by atoms with E-state index in [2.05, 4.69) is 81.7 Å². The predicted molar refractivity (Wildman–Crippen MR) is 114 cm³/mol. The second kappa shape index (κ2) is 7.23. The minimum atomic E-state index is 0.368. The van der Waals surface area contributed by atoms with Crippen molar-refractivity contribution < 1.29 is 0 Å². The molecule has 0 amide bonds. The van der Waals surface area contributed by atoms with Crippen LogP contribution in [0.5, 0.6) is 0 Å². The summed E-state index contributed by atoms with van der Waals surface area (Å²) >= 11 is 3.79. The van der Waals surface area contributed by atoms with Crippen LogP contribution in [0, 0.1) is 13.8 Å². The Morgan fingerprint density at radius 3 is 2.67 bits per heavy atom. The summed E-state index contributed by atoms with van der Waals surface area (Å²) in [5.74, 6) is 0.924. The van der Waals surface area contributed by atoms with Gasteiger partial charge < -0.3 is 4.90 Å². The molecule has 0 unspecified atom stereocenters. The molecule has 0 atom stereocenters. The van der Waals surface area contributed by atoms with Crippen molar-refractivity contribution in [2.45, 2.75) is 59.4 Å². The molecule has 3 heterocycles. The van der Waals surface area contributed by atoms with Gasteiger partial charge in [-0.15, -0.1) is 5.10 Å². The van der Waals surface area contributed by atoms with Gasteiger partial charge in [0.1, 0.15) is 0 Å². The number of pyridine rings is 1. The van der Waals surface area contributed by atoms with Crippen molar-refractivity contribution in [3.8, 4) is 0 Å². The first kappa shape index (κ1) is 18.4. The van der Waals surface area contributed by atoms with Gasteiger partial charge in [0, 0.05) is 16.7 Å². The number of aryl methyl sites for hydroxylation is 3. The summed E-state index contributed by atoms with van der Waals surface area (Å²) in [6, 6.07) is 6.96. The van der Waals surface area contributed by atoms with Crippen LogP contribution >= 0.6 is 15.9 Å². The smallest absolute Gasteiger partial charge is 0.163 e. The number of fused-ring (bicyclic) bond motifs is 2. The van der Waals surface area contributed by atoms with Crippen molar-refractivity contribution in [1.29, 1.82) is 0 Å². The van der Waals surface area contributed by atoms with E-state index in [1.165, 1.54) is 16.8 Å². The molecule has 142 valence electrons. The van der Waals surface area contributed by atoms with Gasteiger partial charge in [-0.2, -0.15) is 0 Å². The fraction of sp³-hybridized carbons (Fsp3) is 0.476. The SMILES string of the molecule is CCC(CC)n1nnc2c(N3CCCc4cc(C)cc(Br)c43)nc(C)cc21. The van der Waals surface area contributed by atoms with Crippen molar-refractivity contribution in [3.05, 3.63) is 39.5 Å². The summed E-state index contributed by atoms with van der Waals surface area (Å²) in [4.78, 5) is 7.22. The molecule has 3 aromatic rings. The van der Waals surface area contributed by atoms with E-state index in [0.717, 1.165) is 59.2 Å². The van der Waals surface area contributed by atoms with E-state index in [9.17, 15) is 0 Å². The highest BCUT2D eigenvalue weighted by molar-refractivity contribution is 9.10. The standard InChI is InChI=1S/C21H26BrN5/c1-5-16(6-2)27-18-12-14(4)23-21(19(18)24-25-27)26-9-7-8-15-10-13(3)11-17(22)20(15)26/h10-12,16H,5-9H2,1-4H3. The van der Waals surface area contributed by atoms with Crippen LogP contribution in [0.2, 0.25) is 0 Å². The number of nitrogens with zero attached hydrogens (tertiary/aromatic N) is 5. The Morgan fingerprint density at radius 1 is 1.15 bits per heavy atom. The van der Waals surface area contributed by atoms with Gasteiger partial charge in [-0.3, -0.25) is 0 Å². The minimum absolute atomic E-state index is 0.368. The zero-order valence-corrected chi connectivity index (χ0v) is 18.0. The summed E-state index contributed by atoms with van der Waals surface area (Å²) < 4.78 is 3.21. The van der Waals surface area contributed by atoms with Gasteiger partial charge in [0.05, 0.1) is 17.2 Å². The number of benzene rings is 1. The second-order valence-electron chi connectivity index (χ2n) is 7.47. The molecule has 0 spiro atoms. The van der Waals surface area contributed by atoms with E-state index in [1.54, 1.807) is 0 Å². The topological polar surface area (TPSA) is 46.8 Å². The Hall–Kier alpha value is -1.95. The fourth-order valence-electron chi connectivity index (χ4n) is 4.19. The molecule has 1 aliphatic heterocycles. The average Bonchev–Trinajstić information content (AvgIpc) is 3.05. The van der Waals surface area contributed by atoms with Gasteiger partial charge in [0.15, 0.2) is 11.3 Å². The predicted octanol–water partition coefficient (Wildman–Crippen LogP) is 5.65. The van der Waals surface area contributed by atoms with Gasteiger partial charge in [0.25, 0.3) is 0 Å². The molecule has 0 radical (unpaired) electrons. The first-order chi connectivity index (χ1) is 13.0. The van der Waals surface area contributed by atoms with Crippen LogP contribution in [0.1, 0.15) is 56.0 Å². The van der Waals surface area contributed by atoms with Crippen LogP contribution in [-0.4, -0.2) is 26.5 Å². The maximum Gasteiger partial charge on any atom is 0.163 e. The largest absolute Gasteiger partial charge is 0.323 e. The molecular formula is C21H26BrN5. The van der Waals surface area contributed by atoms with Gasteiger partial charge in [0.2, 0.25) is 0 Å². The summed E-state index contributed by atoms with van der Waals surface area (Å²) in [5, 5.41) is 9.08.